The minimum atomic E-state index is -1.05. The number of rotatable bonds is 8. The summed E-state index contributed by atoms with van der Waals surface area (Å²) in [5.41, 5.74) is 2.45. The number of fused-ring (bicyclic) bond motifs is 1. The Morgan fingerprint density at radius 3 is 2.51 bits per heavy atom. The molecule has 1 amide bonds. The van der Waals surface area contributed by atoms with Crippen molar-refractivity contribution in [2.45, 2.75) is 50.9 Å². The van der Waals surface area contributed by atoms with Gasteiger partial charge in [-0.1, -0.05) is 42.5 Å². The van der Waals surface area contributed by atoms with Crippen LogP contribution in [0.3, 0.4) is 0 Å². The molecule has 1 N–H and O–H groups in total. The van der Waals surface area contributed by atoms with Crippen molar-refractivity contribution in [1.29, 1.82) is 0 Å². The second-order valence-corrected chi connectivity index (χ2v) is 11.1. The van der Waals surface area contributed by atoms with Crippen LogP contribution in [0.4, 0.5) is 0 Å². The monoisotopic (exact) mass is 526 g/mol. The molecular formula is C30H34N6O3. The van der Waals surface area contributed by atoms with E-state index < -0.39 is 5.60 Å². The smallest absolute Gasteiger partial charge is 0.264 e. The Bertz CT molecular complexity index is 1530. The second-order valence-electron chi connectivity index (χ2n) is 11.1. The van der Waals surface area contributed by atoms with Crippen LogP contribution in [0.5, 0.6) is 0 Å². The van der Waals surface area contributed by atoms with Gasteiger partial charge in [0.25, 0.3) is 5.56 Å². The molecule has 9 nitrogen and oxygen atoms in total. The van der Waals surface area contributed by atoms with Crippen LogP contribution in [0, 0.1) is 5.92 Å². The quantitative estimate of drug-likeness (QED) is 0.379. The van der Waals surface area contributed by atoms with Crippen LogP contribution in [-0.2, 0) is 24.4 Å². The number of amides is 1. The number of likely N-dealkylation sites (tertiary alicyclic amines) is 1. The normalized spacial score (nSPS) is 17.2. The third kappa shape index (κ3) is 5.51. The molecule has 3 heterocycles. The summed E-state index contributed by atoms with van der Waals surface area (Å²) in [4.78, 5) is 34.4. The van der Waals surface area contributed by atoms with Crippen LogP contribution in [0.25, 0.3) is 16.7 Å². The van der Waals surface area contributed by atoms with E-state index >= 15 is 0 Å². The summed E-state index contributed by atoms with van der Waals surface area (Å²) in [5, 5.41) is 16.1. The van der Waals surface area contributed by atoms with E-state index in [0.29, 0.717) is 37.0 Å². The number of piperidine rings is 1. The molecule has 1 saturated carbocycles. The van der Waals surface area contributed by atoms with Crippen molar-refractivity contribution in [2.75, 3.05) is 20.1 Å². The van der Waals surface area contributed by atoms with Gasteiger partial charge in [0.2, 0.25) is 5.91 Å². The summed E-state index contributed by atoms with van der Waals surface area (Å²) in [5.74, 6) is 0.384. The average molecular weight is 527 g/mol. The highest BCUT2D eigenvalue weighted by molar-refractivity contribution is 5.81. The van der Waals surface area contributed by atoms with Gasteiger partial charge in [-0.05, 0) is 56.0 Å². The minimum Gasteiger partial charge on any atom is -0.388 e. The lowest BCUT2D eigenvalue weighted by molar-refractivity contribution is -0.137. The minimum absolute atomic E-state index is 0.147. The number of benzene rings is 2. The standard InChI is InChI=1S/C30H34N6O3/c1-33(18-22-6-3-2-4-7-22)19-23-8-5-9-25(16-23)36-27-26(17-32-36)29(38)35(21-31-27)20-30(39)12-14-34(15-13-30)28(37)24-10-11-24/h2-9,16-17,21,24,39H,10-15,18-20H2,1H3. The number of carbonyl (C=O) groups excluding carboxylic acids is 1. The van der Waals surface area contributed by atoms with Gasteiger partial charge in [0.05, 0.1) is 24.0 Å². The number of carbonyl (C=O) groups is 1. The van der Waals surface area contributed by atoms with Crippen LogP contribution in [-0.4, -0.2) is 65.9 Å². The van der Waals surface area contributed by atoms with E-state index in [1.807, 2.05) is 23.1 Å². The van der Waals surface area contributed by atoms with Gasteiger partial charge in [-0.15, -0.1) is 0 Å². The predicted molar refractivity (Wildman–Crippen MR) is 148 cm³/mol. The fourth-order valence-corrected chi connectivity index (χ4v) is 5.51. The molecule has 2 aromatic heterocycles. The van der Waals surface area contributed by atoms with Gasteiger partial charge < -0.3 is 10.0 Å². The first-order valence-corrected chi connectivity index (χ1v) is 13.6. The predicted octanol–water partition coefficient (Wildman–Crippen LogP) is 2.98. The van der Waals surface area contributed by atoms with Crippen molar-refractivity contribution < 1.29 is 9.90 Å². The highest BCUT2D eigenvalue weighted by Gasteiger charge is 2.39. The molecule has 1 saturated heterocycles. The Labute approximate surface area is 227 Å². The molecule has 2 aliphatic rings. The zero-order valence-electron chi connectivity index (χ0n) is 22.2. The largest absolute Gasteiger partial charge is 0.388 e. The summed E-state index contributed by atoms with van der Waals surface area (Å²) >= 11 is 0. The Hall–Kier alpha value is -3.82. The summed E-state index contributed by atoms with van der Waals surface area (Å²) < 4.78 is 3.17. The molecule has 4 aromatic rings. The molecule has 1 aliphatic carbocycles. The van der Waals surface area contributed by atoms with Gasteiger partial charge in [0, 0.05) is 32.1 Å². The zero-order valence-corrected chi connectivity index (χ0v) is 22.2. The van der Waals surface area contributed by atoms with Gasteiger partial charge in [-0.2, -0.15) is 5.10 Å². The molecule has 9 heteroatoms. The number of nitrogens with zero attached hydrogens (tertiary/aromatic N) is 6. The van der Waals surface area contributed by atoms with E-state index in [9.17, 15) is 14.7 Å². The molecule has 0 unspecified atom stereocenters. The first kappa shape index (κ1) is 25.5. The zero-order chi connectivity index (χ0) is 27.0. The van der Waals surface area contributed by atoms with Gasteiger partial charge in [0.15, 0.2) is 5.65 Å². The van der Waals surface area contributed by atoms with Gasteiger partial charge in [-0.3, -0.25) is 19.1 Å². The molecule has 0 spiro atoms. The molecule has 0 atom stereocenters. The molecule has 2 fully saturated rings. The van der Waals surface area contributed by atoms with Crippen LogP contribution in [0.2, 0.25) is 0 Å². The van der Waals surface area contributed by atoms with Gasteiger partial charge in [-0.25, -0.2) is 9.67 Å². The average Bonchev–Trinajstić information content (AvgIpc) is 3.69. The number of hydrogen-bond acceptors (Lipinski definition) is 6. The van der Waals surface area contributed by atoms with Crippen molar-refractivity contribution in [3.63, 3.8) is 0 Å². The maximum atomic E-state index is 13.3. The van der Waals surface area contributed by atoms with Gasteiger partial charge in [0.1, 0.15) is 11.7 Å². The summed E-state index contributed by atoms with van der Waals surface area (Å²) in [7, 11) is 2.09. The third-order valence-corrected chi connectivity index (χ3v) is 7.85. The lowest BCUT2D eigenvalue weighted by Crippen LogP contribution is -2.50. The molecule has 39 heavy (non-hydrogen) atoms. The van der Waals surface area contributed by atoms with Crippen molar-refractivity contribution >= 4 is 16.9 Å². The van der Waals surface area contributed by atoms with Crippen LogP contribution < -0.4 is 5.56 Å². The van der Waals surface area contributed by atoms with E-state index in [1.54, 1.807) is 10.9 Å². The Morgan fingerprint density at radius 2 is 1.77 bits per heavy atom. The van der Waals surface area contributed by atoms with E-state index in [-0.39, 0.29) is 23.9 Å². The number of aliphatic hydroxyl groups is 1. The first-order valence-electron chi connectivity index (χ1n) is 13.6. The summed E-state index contributed by atoms with van der Waals surface area (Å²) in [6.45, 7) is 2.80. The second kappa shape index (κ2) is 10.4. The topological polar surface area (TPSA) is 96.5 Å². The highest BCUT2D eigenvalue weighted by atomic mass is 16.3. The first-order chi connectivity index (χ1) is 18.9. The molecule has 0 bridgehead atoms. The maximum Gasteiger partial charge on any atom is 0.264 e. The van der Waals surface area contributed by atoms with Crippen LogP contribution in [0.15, 0.2) is 71.9 Å². The van der Waals surface area contributed by atoms with Crippen molar-refractivity contribution in [2.24, 2.45) is 5.92 Å². The van der Waals surface area contributed by atoms with Crippen LogP contribution >= 0.6 is 0 Å². The fraction of sp³-hybridized carbons (Fsp3) is 0.400. The third-order valence-electron chi connectivity index (χ3n) is 7.85. The van der Waals surface area contributed by atoms with E-state index in [1.165, 1.54) is 16.5 Å². The maximum absolute atomic E-state index is 13.3. The van der Waals surface area contributed by atoms with E-state index in [4.69, 9.17) is 0 Å². The molecule has 1 aliphatic heterocycles. The van der Waals surface area contributed by atoms with Gasteiger partial charge >= 0.3 is 0 Å². The Balaban J connectivity index is 1.16. The molecule has 202 valence electrons. The molecule has 2 aromatic carbocycles. The van der Waals surface area contributed by atoms with E-state index in [0.717, 1.165) is 37.2 Å². The molecule has 0 radical (unpaired) electrons. The highest BCUT2D eigenvalue weighted by Crippen LogP contribution is 2.33. The van der Waals surface area contributed by atoms with Crippen molar-refractivity contribution in [3.8, 4) is 5.69 Å². The number of aromatic nitrogens is 4. The summed E-state index contributed by atoms with van der Waals surface area (Å²) in [6, 6.07) is 18.5. The van der Waals surface area contributed by atoms with Crippen molar-refractivity contribution in [1.82, 2.24) is 29.1 Å². The summed E-state index contributed by atoms with van der Waals surface area (Å²) in [6.07, 6.45) is 5.89. The SMILES string of the molecule is CN(Cc1ccccc1)Cc1cccc(-n2ncc3c(=O)n(CC4(O)CCN(C(=O)C5CC5)CC4)cnc32)c1. The lowest BCUT2D eigenvalue weighted by atomic mass is 9.91. The molecule has 6 rings (SSSR count). The van der Waals surface area contributed by atoms with Crippen molar-refractivity contribution in [3.05, 3.63) is 88.6 Å². The Kier molecular flexibility index (Phi) is 6.78. The Morgan fingerprint density at radius 1 is 1.05 bits per heavy atom. The molecular weight excluding hydrogens is 492 g/mol. The fourth-order valence-electron chi connectivity index (χ4n) is 5.51. The van der Waals surface area contributed by atoms with E-state index in [2.05, 4.69) is 58.4 Å². The van der Waals surface area contributed by atoms with Crippen LogP contribution in [0.1, 0.15) is 36.8 Å². The lowest BCUT2D eigenvalue weighted by Gasteiger charge is -2.38. The number of hydrogen-bond donors (Lipinski definition) is 1.